The van der Waals surface area contributed by atoms with Gasteiger partial charge in [-0.1, -0.05) is 13.3 Å². The third kappa shape index (κ3) is 5.38. The van der Waals surface area contributed by atoms with Gasteiger partial charge < -0.3 is 20.3 Å². The second-order valence-electron chi connectivity index (χ2n) is 5.83. The average molecular weight is 285 g/mol. The minimum atomic E-state index is -0.134. The first kappa shape index (κ1) is 17.4. The number of amides is 1. The number of hydrogen-bond acceptors (Lipinski definition) is 4. The van der Waals surface area contributed by atoms with Crippen LogP contribution in [0.4, 0.5) is 0 Å². The Hall–Kier alpha value is -0.650. The van der Waals surface area contributed by atoms with Crippen LogP contribution in [-0.2, 0) is 9.53 Å². The first-order chi connectivity index (χ1) is 9.64. The minimum Gasteiger partial charge on any atom is -0.383 e. The third-order valence-electron chi connectivity index (χ3n) is 4.23. The van der Waals surface area contributed by atoms with Crippen molar-refractivity contribution in [1.29, 1.82) is 0 Å². The second-order valence-corrected chi connectivity index (χ2v) is 5.83. The Morgan fingerprint density at radius 3 is 2.65 bits per heavy atom. The number of hydrogen-bond donors (Lipinski definition) is 2. The van der Waals surface area contributed by atoms with Crippen LogP contribution in [0.15, 0.2) is 0 Å². The van der Waals surface area contributed by atoms with Gasteiger partial charge in [-0.3, -0.25) is 4.79 Å². The van der Waals surface area contributed by atoms with E-state index in [0.29, 0.717) is 0 Å². The summed E-state index contributed by atoms with van der Waals surface area (Å²) in [5.74, 6) is 0.251. The highest BCUT2D eigenvalue weighted by Crippen LogP contribution is 2.34. The molecular formula is C15H31N3O2. The van der Waals surface area contributed by atoms with Gasteiger partial charge in [0.15, 0.2) is 0 Å². The van der Waals surface area contributed by atoms with Crippen LogP contribution in [0.1, 0.15) is 32.6 Å². The third-order valence-corrected chi connectivity index (χ3v) is 4.23. The van der Waals surface area contributed by atoms with Gasteiger partial charge in [-0.15, -0.1) is 0 Å². The van der Waals surface area contributed by atoms with Gasteiger partial charge in [0.2, 0.25) is 5.91 Å². The molecule has 2 N–H and O–H groups in total. The van der Waals surface area contributed by atoms with Crippen molar-refractivity contribution in [3.05, 3.63) is 0 Å². The smallest absolute Gasteiger partial charge is 0.226 e. The van der Waals surface area contributed by atoms with Crippen LogP contribution in [-0.4, -0.2) is 64.3 Å². The maximum atomic E-state index is 12.5. The van der Waals surface area contributed by atoms with Crippen molar-refractivity contribution in [2.75, 3.05) is 53.5 Å². The topological polar surface area (TPSA) is 53.6 Å². The maximum Gasteiger partial charge on any atom is 0.226 e. The van der Waals surface area contributed by atoms with Gasteiger partial charge in [0.05, 0.1) is 12.0 Å². The van der Waals surface area contributed by atoms with Gasteiger partial charge in [-0.25, -0.2) is 0 Å². The number of rotatable bonds is 9. The molecule has 118 valence electrons. The summed E-state index contributed by atoms with van der Waals surface area (Å²) in [4.78, 5) is 14.7. The standard InChI is InChI=1S/C15H31N3O2/c1-4-5-15(6-8-16-9-7-15)14(19)17-10-11-18(2)12-13-20-3/h16H,4-13H2,1-3H3,(H,17,19). The van der Waals surface area contributed by atoms with Crippen LogP contribution in [0.2, 0.25) is 0 Å². The van der Waals surface area contributed by atoms with Crippen molar-refractivity contribution in [3.63, 3.8) is 0 Å². The SMILES string of the molecule is CCCC1(C(=O)NCCN(C)CCOC)CCNCC1. The Morgan fingerprint density at radius 2 is 2.05 bits per heavy atom. The van der Waals surface area contributed by atoms with Crippen LogP contribution in [0.5, 0.6) is 0 Å². The molecule has 1 fully saturated rings. The van der Waals surface area contributed by atoms with E-state index in [-0.39, 0.29) is 11.3 Å². The zero-order valence-corrected chi connectivity index (χ0v) is 13.3. The van der Waals surface area contributed by atoms with E-state index in [1.807, 2.05) is 0 Å². The van der Waals surface area contributed by atoms with Crippen LogP contribution in [0, 0.1) is 5.41 Å². The molecule has 0 aromatic heterocycles. The van der Waals surface area contributed by atoms with Gasteiger partial charge in [-0.05, 0) is 39.4 Å². The Labute approximate surface area is 123 Å². The Bertz CT molecular complexity index is 273. The van der Waals surface area contributed by atoms with E-state index in [0.717, 1.165) is 65.0 Å². The molecule has 0 saturated carbocycles. The molecule has 5 heteroatoms. The number of carbonyl (C=O) groups is 1. The highest BCUT2D eigenvalue weighted by molar-refractivity contribution is 5.82. The lowest BCUT2D eigenvalue weighted by atomic mass is 9.74. The number of nitrogens with one attached hydrogen (secondary N) is 2. The van der Waals surface area contributed by atoms with Gasteiger partial charge in [0, 0.05) is 26.7 Å². The molecular weight excluding hydrogens is 254 g/mol. The Morgan fingerprint density at radius 1 is 1.35 bits per heavy atom. The fraction of sp³-hybridized carbons (Fsp3) is 0.933. The number of nitrogens with zero attached hydrogens (tertiary/aromatic N) is 1. The lowest BCUT2D eigenvalue weighted by Gasteiger charge is -2.36. The molecule has 5 nitrogen and oxygen atoms in total. The minimum absolute atomic E-state index is 0.134. The van der Waals surface area contributed by atoms with E-state index in [1.54, 1.807) is 7.11 Å². The Kier molecular flexibility index (Phi) is 8.11. The number of piperidine rings is 1. The van der Waals surface area contributed by atoms with Gasteiger partial charge >= 0.3 is 0 Å². The van der Waals surface area contributed by atoms with Gasteiger partial charge in [-0.2, -0.15) is 0 Å². The normalized spacial score (nSPS) is 18.2. The summed E-state index contributed by atoms with van der Waals surface area (Å²) in [5, 5.41) is 6.48. The summed E-state index contributed by atoms with van der Waals surface area (Å²) >= 11 is 0. The first-order valence-corrected chi connectivity index (χ1v) is 7.81. The highest BCUT2D eigenvalue weighted by atomic mass is 16.5. The van der Waals surface area contributed by atoms with E-state index in [2.05, 4.69) is 29.5 Å². The lowest BCUT2D eigenvalue weighted by molar-refractivity contribution is -0.133. The van der Waals surface area contributed by atoms with Crippen molar-refractivity contribution in [1.82, 2.24) is 15.5 Å². The largest absolute Gasteiger partial charge is 0.383 e. The number of carbonyl (C=O) groups excluding carboxylic acids is 1. The molecule has 0 unspecified atom stereocenters. The molecule has 0 aromatic carbocycles. The highest BCUT2D eigenvalue weighted by Gasteiger charge is 2.38. The van der Waals surface area contributed by atoms with Crippen LogP contribution < -0.4 is 10.6 Å². The molecule has 0 spiro atoms. The molecule has 0 aliphatic carbocycles. The van der Waals surface area contributed by atoms with E-state index < -0.39 is 0 Å². The van der Waals surface area contributed by atoms with Crippen molar-refractivity contribution in [3.8, 4) is 0 Å². The van der Waals surface area contributed by atoms with E-state index >= 15 is 0 Å². The van der Waals surface area contributed by atoms with Crippen molar-refractivity contribution in [2.45, 2.75) is 32.6 Å². The summed E-state index contributed by atoms with van der Waals surface area (Å²) < 4.78 is 5.05. The number of likely N-dealkylation sites (N-methyl/N-ethyl adjacent to an activating group) is 1. The molecule has 0 bridgehead atoms. The maximum absolute atomic E-state index is 12.5. The predicted octanol–water partition coefficient (Wildman–Crippen LogP) is 0.851. The van der Waals surface area contributed by atoms with Crippen LogP contribution in [0.3, 0.4) is 0 Å². The predicted molar refractivity (Wildman–Crippen MR) is 81.8 cm³/mol. The molecule has 1 aliphatic heterocycles. The summed E-state index contributed by atoms with van der Waals surface area (Å²) in [7, 11) is 3.76. The molecule has 0 atom stereocenters. The molecule has 0 aromatic rings. The molecule has 1 amide bonds. The van der Waals surface area contributed by atoms with Crippen molar-refractivity contribution >= 4 is 5.91 Å². The van der Waals surface area contributed by atoms with E-state index in [9.17, 15) is 4.79 Å². The summed E-state index contributed by atoms with van der Waals surface area (Å²) in [6.45, 7) is 7.30. The van der Waals surface area contributed by atoms with Gasteiger partial charge in [0.25, 0.3) is 0 Å². The van der Waals surface area contributed by atoms with E-state index in [4.69, 9.17) is 4.74 Å². The number of ether oxygens (including phenoxy) is 1. The van der Waals surface area contributed by atoms with Crippen molar-refractivity contribution in [2.24, 2.45) is 5.41 Å². The van der Waals surface area contributed by atoms with E-state index in [1.165, 1.54) is 0 Å². The zero-order chi connectivity index (χ0) is 14.8. The monoisotopic (exact) mass is 285 g/mol. The lowest BCUT2D eigenvalue weighted by Crippen LogP contribution is -2.48. The molecule has 0 radical (unpaired) electrons. The summed E-state index contributed by atoms with van der Waals surface area (Å²) in [6, 6.07) is 0. The van der Waals surface area contributed by atoms with Crippen molar-refractivity contribution < 1.29 is 9.53 Å². The average Bonchev–Trinajstić information content (AvgIpc) is 2.46. The summed E-state index contributed by atoms with van der Waals surface area (Å²) in [6.07, 6.45) is 4.00. The fourth-order valence-electron chi connectivity index (χ4n) is 2.88. The quantitative estimate of drug-likeness (QED) is 0.659. The molecule has 1 aliphatic rings. The van der Waals surface area contributed by atoms with Crippen LogP contribution >= 0.6 is 0 Å². The second kappa shape index (κ2) is 9.32. The molecule has 20 heavy (non-hydrogen) atoms. The first-order valence-electron chi connectivity index (χ1n) is 7.81. The summed E-state index contributed by atoms with van der Waals surface area (Å²) in [5.41, 5.74) is -0.134. The fourth-order valence-corrected chi connectivity index (χ4v) is 2.88. The van der Waals surface area contributed by atoms with Crippen LogP contribution in [0.25, 0.3) is 0 Å². The molecule has 1 saturated heterocycles. The molecule has 1 heterocycles. The van der Waals surface area contributed by atoms with Gasteiger partial charge in [0.1, 0.15) is 0 Å². The Balaban J connectivity index is 2.35. The number of methoxy groups -OCH3 is 1. The zero-order valence-electron chi connectivity index (χ0n) is 13.3. The molecule has 1 rings (SSSR count).